The Kier molecular flexibility index (Phi) is 8.22. The van der Waals surface area contributed by atoms with E-state index in [0.717, 1.165) is 28.7 Å². The Morgan fingerprint density at radius 3 is 2.33 bits per heavy atom. The number of anilines is 1. The zero-order valence-corrected chi connectivity index (χ0v) is 16.9. The number of nitro benzene ring substituents is 1. The lowest BCUT2D eigenvalue weighted by Crippen LogP contribution is -2.27. The van der Waals surface area contributed by atoms with Gasteiger partial charge in [-0.15, -0.1) is 0 Å². The average Bonchev–Trinajstić information content (AvgIpc) is 2.70. The van der Waals surface area contributed by atoms with Crippen LogP contribution in [0.3, 0.4) is 0 Å². The predicted octanol–water partition coefficient (Wildman–Crippen LogP) is 4.77. The van der Waals surface area contributed by atoms with Gasteiger partial charge in [-0.05, 0) is 31.5 Å². The number of nitrogens with one attached hydrogen (secondary N) is 1. The first-order chi connectivity index (χ1) is 13.0. The van der Waals surface area contributed by atoms with Gasteiger partial charge in [0.15, 0.2) is 0 Å². The third-order valence-corrected chi connectivity index (χ3v) is 5.39. The molecule has 8 heteroatoms. The quantitative estimate of drug-likeness (QED) is 0.297. The van der Waals surface area contributed by atoms with E-state index in [1.54, 1.807) is 23.9 Å². The molecule has 0 bridgehead atoms. The van der Waals surface area contributed by atoms with E-state index >= 15 is 0 Å². The molecule has 0 spiro atoms. The van der Waals surface area contributed by atoms with Gasteiger partial charge in [0.05, 0.1) is 16.3 Å². The van der Waals surface area contributed by atoms with Gasteiger partial charge in [-0.25, -0.2) is 0 Å². The topological polar surface area (TPSA) is 70.8 Å². The van der Waals surface area contributed by atoms with E-state index < -0.39 is 4.92 Å². The normalized spacial score (nSPS) is 11.1. The van der Waals surface area contributed by atoms with Crippen molar-refractivity contribution in [1.29, 1.82) is 0 Å². The van der Waals surface area contributed by atoms with E-state index in [0.29, 0.717) is 11.4 Å². The van der Waals surface area contributed by atoms with Gasteiger partial charge in [0.2, 0.25) is 0 Å². The Morgan fingerprint density at radius 1 is 1.15 bits per heavy atom. The van der Waals surface area contributed by atoms with Crippen molar-refractivity contribution in [1.82, 2.24) is 4.90 Å². The lowest BCUT2D eigenvalue weighted by molar-refractivity contribution is -0.384. The van der Waals surface area contributed by atoms with Crippen LogP contribution in [0.1, 0.15) is 19.4 Å². The van der Waals surface area contributed by atoms with E-state index in [1.165, 1.54) is 12.1 Å². The maximum Gasteiger partial charge on any atom is 0.269 e. The fourth-order valence-electron chi connectivity index (χ4n) is 2.30. The van der Waals surface area contributed by atoms with Gasteiger partial charge in [0.25, 0.3) is 5.69 Å². The van der Waals surface area contributed by atoms with Crippen molar-refractivity contribution in [3.05, 3.63) is 70.3 Å². The summed E-state index contributed by atoms with van der Waals surface area (Å²) in [6, 6.07) is 16.0. The van der Waals surface area contributed by atoms with Gasteiger partial charge in [0.1, 0.15) is 4.32 Å². The summed E-state index contributed by atoms with van der Waals surface area (Å²) < 4.78 is 0.846. The van der Waals surface area contributed by atoms with Crippen molar-refractivity contribution in [3.8, 4) is 0 Å². The van der Waals surface area contributed by atoms with Gasteiger partial charge in [0, 0.05) is 31.0 Å². The second-order valence-corrected chi connectivity index (χ2v) is 7.18. The minimum Gasteiger partial charge on any atom is -0.358 e. The number of rotatable bonds is 8. The summed E-state index contributed by atoms with van der Waals surface area (Å²) in [5.74, 6) is 0.624. The second-order valence-electron chi connectivity index (χ2n) is 5.57. The Hall–Kier alpha value is -2.45. The van der Waals surface area contributed by atoms with Crippen molar-refractivity contribution in [2.75, 3.05) is 24.3 Å². The van der Waals surface area contributed by atoms with Gasteiger partial charge in [-0.2, -0.15) is 5.10 Å². The van der Waals surface area contributed by atoms with E-state index in [4.69, 9.17) is 12.2 Å². The van der Waals surface area contributed by atoms with E-state index in [1.807, 2.05) is 30.3 Å². The number of hydrogen-bond donors (Lipinski definition) is 1. The highest BCUT2D eigenvalue weighted by Gasteiger charge is 2.10. The summed E-state index contributed by atoms with van der Waals surface area (Å²) in [7, 11) is 0. The third kappa shape index (κ3) is 6.33. The molecule has 1 N–H and O–H groups in total. The Bertz CT molecular complexity index is 791. The molecule has 2 aromatic rings. The number of hydrazone groups is 1. The van der Waals surface area contributed by atoms with E-state index in [2.05, 4.69) is 29.3 Å². The molecule has 0 atom stereocenters. The molecule has 0 aromatic heterocycles. The Morgan fingerprint density at radius 2 is 1.78 bits per heavy atom. The average molecular weight is 403 g/mol. The van der Waals surface area contributed by atoms with Crippen molar-refractivity contribution in [2.45, 2.75) is 13.8 Å². The molecule has 0 aliphatic rings. The van der Waals surface area contributed by atoms with Crippen molar-refractivity contribution in [2.24, 2.45) is 5.10 Å². The molecule has 2 rings (SSSR count). The second kappa shape index (κ2) is 10.6. The smallest absolute Gasteiger partial charge is 0.269 e. The lowest BCUT2D eigenvalue weighted by Gasteiger charge is -2.21. The third-order valence-electron chi connectivity index (χ3n) is 3.86. The van der Waals surface area contributed by atoms with Crippen LogP contribution < -0.4 is 5.43 Å². The molecule has 0 saturated carbocycles. The number of nitro groups is 1. The number of benzene rings is 2. The number of thiocarbonyl (C=S) groups is 1. The number of non-ortho nitro benzene ring substituents is 1. The molecule has 27 heavy (non-hydrogen) atoms. The van der Waals surface area contributed by atoms with Gasteiger partial charge >= 0.3 is 0 Å². The van der Waals surface area contributed by atoms with Crippen LogP contribution in [-0.2, 0) is 0 Å². The molecule has 142 valence electrons. The summed E-state index contributed by atoms with van der Waals surface area (Å²) in [5.41, 5.74) is 5.58. The SMILES string of the molecule is CCN(CC)C(=S)SC/C(=N\Nc1ccc([N+](=O)[O-])cc1)c1ccccc1. The number of thioether (sulfide) groups is 1. The standard InChI is InChI=1S/C19H22N4O2S2/c1-3-22(4-2)19(26)27-14-18(15-8-6-5-7-9-15)21-20-16-10-12-17(13-11-16)23(24)25/h5-13,20H,3-4,14H2,1-2H3/b21-18+. The minimum atomic E-state index is -0.423. The lowest BCUT2D eigenvalue weighted by atomic mass is 10.1. The largest absolute Gasteiger partial charge is 0.358 e. The highest BCUT2D eigenvalue weighted by Crippen LogP contribution is 2.17. The van der Waals surface area contributed by atoms with Crippen LogP contribution in [0.15, 0.2) is 59.7 Å². The highest BCUT2D eigenvalue weighted by atomic mass is 32.2. The Balaban J connectivity index is 2.13. The molecule has 2 aromatic carbocycles. The van der Waals surface area contributed by atoms with Crippen LogP contribution in [0, 0.1) is 10.1 Å². The van der Waals surface area contributed by atoms with Crippen LogP contribution in [0.25, 0.3) is 0 Å². The monoisotopic (exact) mass is 402 g/mol. The van der Waals surface area contributed by atoms with Crippen LogP contribution >= 0.6 is 24.0 Å². The molecule has 0 aliphatic heterocycles. The number of nitrogens with zero attached hydrogens (tertiary/aromatic N) is 3. The molecule has 0 unspecified atom stereocenters. The fourth-order valence-corrected chi connectivity index (χ4v) is 3.67. The predicted molar refractivity (Wildman–Crippen MR) is 118 cm³/mol. The van der Waals surface area contributed by atoms with Crippen LogP contribution in [0.5, 0.6) is 0 Å². The molecular formula is C19H22N4O2S2. The zero-order chi connectivity index (χ0) is 19.6. The zero-order valence-electron chi connectivity index (χ0n) is 15.3. The Labute approximate surface area is 168 Å². The summed E-state index contributed by atoms with van der Waals surface area (Å²) in [4.78, 5) is 12.5. The van der Waals surface area contributed by atoms with Crippen molar-refractivity contribution < 1.29 is 4.92 Å². The van der Waals surface area contributed by atoms with E-state index in [9.17, 15) is 10.1 Å². The summed E-state index contributed by atoms with van der Waals surface area (Å²) in [6.07, 6.45) is 0. The minimum absolute atomic E-state index is 0.0490. The highest BCUT2D eigenvalue weighted by molar-refractivity contribution is 8.23. The maximum absolute atomic E-state index is 10.8. The van der Waals surface area contributed by atoms with Crippen LogP contribution in [-0.4, -0.2) is 38.7 Å². The molecule has 0 aliphatic carbocycles. The fraction of sp³-hybridized carbons (Fsp3) is 0.263. The van der Waals surface area contributed by atoms with Crippen molar-refractivity contribution in [3.63, 3.8) is 0 Å². The van der Waals surface area contributed by atoms with E-state index in [-0.39, 0.29) is 5.69 Å². The molecule has 0 fully saturated rings. The first-order valence-corrected chi connectivity index (χ1v) is 9.98. The molecule has 0 saturated heterocycles. The molecular weight excluding hydrogens is 380 g/mol. The first kappa shape index (κ1) is 20.9. The molecule has 0 amide bonds. The number of hydrogen-bond acceptors (Lipinski definition) is 6. The van der Waals surface area contributed by atoms with Crippen LogP contribution in [0.2, 0.25) is 0 Å². The van der Waals surface area contributed by atoms with Gasteiger partial charge < -0.3 is 4.90 Å². The first-order valence-electron chi connectivity index (χ1n) is 8.59. The van der Waals surface area contributed by atoms with Crippen LogP contribution in [0.4, 0.5) is 11.4 Å². The van der Waals surface area contributed by atoms with Crippen molar-refractivity contribution >= 4 is 45.4 Å². The molecule has 6 nitrogen and oxygen atoms in total. The van der Waals surface area contributed by atoms with Gasteiger partial charge in [-0.1, -0.05) is 54.3 Å². The summed E-state index contributed by atoms with van der Waals surface area (Å²) in [6.45, 7) is 5.92. The molecule has 0 radical (unpaired) electrons. The summed E-state index contributed by atoms with van der Waals surface area (Å²) >= 11 is 7.08. The molecule has 0 heterocycles. The van der Waals surface area contributed by atoms with Gasteiger partial charge in [-0.3, -0.25) is 15.5 Å². The maximum atomic E-state index is 10.8. The summed E-state index contributed by atoms with van der Waals surface area (Å²) in [5, 5.41) is 15.3.